The van der Waals surface area contributed by atoms with Gasteiger partial charge in [-0.2, -0.15) is 0 Å². The summed E-state index contributed by atoms with van der Waals surface area (Å²) in [6.45, 7) is 8.28. The van der Waals surface area contributed by atoms with Gasteiger partial charge in [0.25, 0.3) is 0 Å². The molecular formula is C14H31IN4O2. The lowest BCUT2D eigenvalue weighted by Gasteiger charge is -2.29. The lowest BCUT2D eigenvalue weighted by molar-refractivity contribution is 0.0824. The van der Waals surface area contributed by atoms with E-state index in [1.165, 1.54) is 0 Å². The zero-order chi connectivity index (χ0) is 14.6. The molecule has 0 amide bonds. The Morgan fingerprint density at radius 2 is 2.05 bits per heavy atom. The van der Waals surface area contributed by atoms with E-state index < -0.39 is 0 Å². The van der Waals surface area contributed by atoms with Crippen LogP contribution >= 0.6 is 24.0 Å². The van der Waals surface area contributed by atoms with Crippen molar-refractivity contribution in [2.45, 2.75) is 32.3 Å². The Kier molecular flexibility index (Phi) is 13.5. The minimum absolute atomic E-state index is 0. The molecule has 1 aliphatic heterocycles. The number of ether oxygens (including phenoxy) is 1. The number of hydrogen-bond acceptors (Lipinski definition) is 4. The average molecular weight is 414 g/mol. The van der Waals surface area contributed by atoms with E-state index in [9.17, 15) is 5.11 Å². The van der Waals surface area contributed by atoms with Crippen LogP contribution in [0.3, 0.4) is 0 Å². The minimum atomic E-state index is -0.0883. The number of piperidine rings is 1. The molecule has 21 heavy (non-hydrogen) atoms. The van der Waals surface area contributed by atoms with Gasteiger partial charge in [-0.05, 0) is 32.7 Å². The van der Waals surface area contributed by atoms with Gasteiger partial charge in [0, 0.05) is 39.8 Å². The van der Waals surface area contributed by atoms with Crippen molar-refractivity contribution in [3.05, 3.63) is 0 Å². The smallest absolute Gasteiger partial charge is 0.191 e. The van der Waals surface area contributed by atoms with E-state index >= 15 is 0 Å². The summed E-state index contributed by atoms with van der Waals surface area (Å²) in [5, 5.41) is 15.9. The van der Waals surface area contributed by atoms with Crippen molar-refractivity contribution in [2.24, 2.45) is 4.99 Å². The molecule has 7 heteroatoms. The summed E-state index contributed by atoms with van der Waals surface area (Å²) in [6.07, 6.45) is 2.78. The number of rotatable bonds is 8. The molecule has 1 aliphatic rings. The van der Waals surface area contributed by atoms with Crippen molar-refractivity contribution in [1.29, 1.82) is 0 Å². The number of nitrogens with one attached hydrogen (secondary N) is 2. The van der Waals surface area contributed by atoms with Crippen LogP contribution in [0.25, 0.3) is 0 Å². The van der Waals surface area contributed by atoms with Gasteiger partial charge in [-0.25, -0.2) is 0 Å². The second kappa shape index (κ2) is 13.5. The highest BCUT2D eigenvalue weighted by molar-refractivity contribution is 14.0. The molecule has 0 aromatic heterocycles. The standard InChI is InChI=1S/C14H30N4O2.HI/c1-3-15-14(17-8-12-20-2)16-7-4-9-18-10-5-13(19)6-11-18;/h13,19H,3-12H2,1-2H3,(H2,15,16,17);1H. The molecule has 0 atom stereocenters. The second-order valence-corrected chi connectivity index (χ2v) is 5.11. The van der Waals surface area contributed by atoms with Gasteiger partial charge in [0.1, 0.15) is 0 Å². The molecule has 1 heterocycles. The average Bonchev–Trinajstić information content (AvgIpc) is 2.45. The van der Waals surface area contributed by atoms with Crippen LogP contribution in [-0.2, 0) is 4.74 Å². The van der Waals surface area contributed by atoms with Crippen LogP contribution < -0.4 is 10.6 Å². The SMILES string of the molecule is CCNC(=NCCCN1CCC(O)CC1)NCCOC.I. The van der Waals surface area contributed by atoms with Crippen LogP contribution in [0.4, 0.5) is 0 Å². The maximum Gasteiger partial charge on any atom is 0.191 e. The Labute approximate surface area is 145 Å². The first-order valence-corrected chi connectivity index (χ1v) is 7.67. The summed E-state index contributed by atoms with van der Waals surface area (Å²) in [6, 6.07) is 0. The molecule has 0 radical (unpaired) electrons. The molecule has 0 saturated carbocycles. The first-order valence-electron chi connectivity index (χ1n) is 7.67. The third-order valence-electron chi connectivity index (χ3n) is 3.40. The maximum absolute atomic E-state index is 9.46. The molecule has 126 valence electrons. The molecule has 3 N–H and O–H groups in total. The molecule has 0 aliphatic carbocycles. The Hall–Kier alpha value is -0.120. The molecule has 0 aromatic rings. The Bertz CT molecular complexity index is 272. The van der Waals surface area contributed by atoms with Gasteiger partial charge < -0.3 is 25.4 Å². The van der Waals surface area contributed by atoms with Crippen molar-refractivity contribution in [3.8, 4) is 0 Å². The number of halogens is 1. The molecular weight excluding hydrogens is 383 g/mol. The van der Waals surface area contributed by atoms with Gasteiger partial charge in [0.2, 0.25) is 0 Å². The number of aliphatic imine (C=N–C) groups is 1. The molecule has 1 saturated heterocycles. The minimum Gasteiger partial charge on any atom is -0.393 e. The van der Waals surface area contributed by atoms with Crippen molar-refractivity contribution in [2.75, 3.05) is 53.0 Å². The van der Waals surface area contributed by atoms with Gasteiger partial charge in [0.15, 0.2) is 5.96 Å². The Balaban J connectivity index is 0.00000400. The lowest BCUT2D eigenvalue weighted by Crippen LogP contribution is -2.39. The summed E-state index contributed by atoms with van der Waals surface area (Å²) < 4.78 is 5.01. The van der Waals surface area contributed by atoms with E-state index in [2.05, 4.69) is 27.4 Å². The quantitative estimate of drug-likeness (QED) is 0.236. The highest BCUT2D eigenvalue weighted by atomic mass is 127. The first kappa shape index (κ1) is 20.9. The van der Waals surface area contributed by atoms with Crippen molar-refractivity contribution >= 4 is 29.9 Å². The predicted octanol–water partition coefficient (Wildman–Crippen LogP) is 0.653. The normalized spacial score (nSPS) is 17.4. The number of aliphatic hydroxyl groups is 1. The van der Waals surface area contributed by atoms with E-state index in [1.807, 2.05) is 0 Å². The number of methoxy groups -OCH3 is 1. The highest BCUT2D eigenvalue weighted by Crippen LogP contribution is 2.09. The molecule has 0 unspecified atom stereocenters. The van der Waals surface area contributed by atoms with Crippen LogP contribution in [0, 0.1) is 0 Å². The van der Waals surface area contributed by atoms with E-state index in [-0.39, 0.29) is 30.1 Å². The summed E-state index contributed by atoms with van der Waals surface area (Å²) in [4.78, 5) is 6.96. The van der Waals surface area contributed by atoms with Crippen molar-refractivity contribution in [1.82, 2.24) is 15.5 Å². The van der Waals surface area contributed by atoms with E-state index in [4.69, 9.17) is 4.74 Å². The number of guanidine groups is 1. The van der Waals surface area contributed by atoms with Gasteiger partial charge >= 0.3 is 0 Å². The van der Waals surface area contributed by atoms with E-state index in [1.54, 1.807) is 7.11 Å². The van der Waals surface area contributed by atoms with Crippen LogP contribution in [-0.4, -0.2) is 75.1 Å². The summed E-state index contributed by atoms with van der Waals surface area (Å²) >= 11 is 0. The van der Waals surface area contributed by atoms with Crippen LogP contribution in [0.2, 0.25) is 0 Å². The highest BCUT2D eigenvalue weighted by Gasteiger charge is 2.15. The monoisotopic (exact) mass is 414 g/mol. The third-order valence-corrected chi connectivity index (χ3v) is 3.40. The molecule has 6 nitrogen and oxygen atoms in total. The largest absolute Gasteiger partial charge is 0.393 e. The molecule has 1 rings (SSSR count). The molecule has 1 fully saturated rings. The number of aliphatic hydroxyl groups excluding tert-OH is 1. The first-order chi connectivity index (χ1) is 9.76. The fraction of sp³-hybridized carbons (Fsp3) is 0.929. The maximum atomic E-state index is 9.46. The lowest BCUT2D eigenvalue weighted by atomic mass is 10.1. The van der Waals surface area contributed by atoms with E-state index in [0.717, 1.165) is 64.5 Å². The Morgan fingerprint density at radius 3 is 2.67 bits per heavy atom. The fourth-order valence-corrected chi connectivity index (χ4v) is 2.24. The van der Waals surface area contributed by atoms with Gasteiger partial charge in [0.05, 0.1) is 12.7 Å². The summed E-state index contributed by atoms with van der Waals surface area (Å²) in [5.74, 6) is 0.860. The van der Waals surface area contributed by atoms with Crippen molar-refractivity contribution < 1.29 is 9.84 Å². The van der Waals surface area contributed by atoms with Gasteiger partial charge in [-0.3, -0.25) is 4.99 Å². The van der Waals surface area contributed by atoms with E-state index in [0.29, 0.717) is 6.61 Å². The fourth-order valence-electron chi connectivity index (χ4n) is 2.24. The molecule has 0 bridgehead atoms. The second-order valence-electron chi connectivity index (χ2n) is 5.11. The van der Waals surface area contributed by atoms with Gasteiger partial charge in [-0.15, -0.1) is 24.0 Å². The zero-order valence-corrected chi connectivity index (χ0v) is 15.6. The number of hydrogen-bond donors (Lipinski definition) is 3. The molecule has 0 spiro atoms. The Morgan fingerprint density at radius 1 is 1.33 bits per heavy atom. The van der Waals surface area contributed by atoms with Crippen molar-refractivity contribution in [3.63, 3.8) is 0 Å². The van der Waals surface area contributed by atoms with Gasteiger partial charge in [-0.1, -0.05) is 0 Å². The number of nitrogens with zero attached hydrogens (tertiary/aromatic N) is 2. The van der Waals surface area contributed by atoms with Crippen LogP contribution in [0.1, 0.15) is 26.2 Å². The predicted molar refractivity (Wildman–Crippen MR) is 97.6 cm³/mol. The molecule has 0 aromatic carbocycles. The van der Waals surface area contributed by atoms with Crippen LogP contribution in [0.5, 0.6) is 0 Å². The third kappa shape index (κ3) is 10.3. The summed E-state index contributed by atoms with van der Waals surface area (Å²) in [5.41, 5.74) is 0. The zero-order valence-electron chi connectivity index (χ0n) is 13.3. The summed E-state index contributed by atoms with van der Waals surface area (Å²) in [7, 11) is 1.70. The topological polar surface area (TPSA) is 69.1 Å². The van der Waals surface area contributed by atoms with Crippen LogP contribution in [0.15, 0.2) is 4.99 Å². The number of likely N-dealkylation sites (tertiary alicyclic amines) is 1.